The van der Waals surface area contributed by atoms with Crippen molar-refractivity contribution in [3.63, 3.8) is 0 Å². The Labute approximate surface area is 171 Å². The van der Waals surface area contributed by atoms with Gasteiger partial charge in [-0.05, 0) is 35.0 Å². The number of sulfonamides is 1. The van der Waals surface area contributed by atoms with Crippen LogP contribution in [-0.4, -0.2) is 33.3 Å². The first-order valence-electron chi connectivity index (χ1n) is 8.69. The number of hydrogen-bond donors (Lipinski definition) is 2. The van der Waals surface area contributed by atoms with Crippen molar-refractivity contribution in [1.82, 2.24) is 4.72 Å². The minimum Gasteiger partial charge on any atom is -0.490 e. The van der Waals surface area contributed by atoms with Crippen molar-refractivity contribution < 1.29 is 23.0 Å². The first-order valence-corrected chi connectivity index (χ1v) is 11.9. The molecule has 1 aliphatic heterocycles. The van der Waals surface area contributed by atoms with Gasteiger partial charge in [-0.2, -0.15) is 0 Å². The highest BCUT2D eigenvalue weighted by molar-refractivity contribution is 7.89. The molecule has 4 rings (SSSR count). The van der Waals surface area contributed by atoms with Crippen LogP contribution in [0.4, 0.5) is 0 Å². The third-order valence-electron chi connectivity index (χ3n) is 4.40. The van der Waals surface area contributed by atoms with Crippen LogP contribution in [0.3, 0.4) is 0 Å². The predicted molar refractivity (Wildman–Crippen MR) is 109 cm³/mol. The number of thiophene rings is 2. The van der Waals surface area contributed by atoms with E-state index in [0.717, 1.165) is 6.42 Å². The van der Waals surface area contributed by atoms with Gasteiger partial charge < -0.3 is 14.6 Å². The van der Waals surface area contributed by atoms with Gasteiger partial charge in [-0.15, -0.1) is 22.7 Å². The highest BCUT2D eigenvalue weighted by Gasteiger charge is 2.35. The van der Waals surface area contributed by atoms with Crippen LogP contribution in [0.15, 0.2) is 58.1 Å². The molecule has 0 aliphatic carbocycles. The fraction of sp³-hybridized carbons (Fsp3) is 0.263. The molecule has 1 aromatic carbocycles. The lowest BCUT2D eigenvalue weighted by Crippen LogP contribution is -2.40. The van der Waals surface area contributed by atoms with Gasteiger partial charge in [-0.1, -0.05) is 12.1 Å². The molecule has 148 valence electrons. The Balaban J connectivity index is 1.60. The summed E-state index contributed by atoms with van der Waals surface area (Å²) in [6.45, 7) is 0.831. The number of hydrogen-bond acceptors (Lipinski definition) is 7. The minimum atomic E-state index is -3.86. The largest absolute Gasteiger partial charge is 0.490 e. The number of benzene rings is 1. The van der Waals surface area contributed by atoms with Crippen LogP contribution < -0.4 is 14.2 Å². The quantitative estimate of drug-likeness (QED) is 0.619. The molecule has 3 aromatic rings. The van der Waals surface area contributed by atoms with Crippen LogP contribution in [0.25, 0.3) is 0 Å². The lowest BCUT2D eigenvalue weighted by molar-refractivity contribution is 0.0937. The summed E-state index contributed by atoms with van der Waals surface area (Å²) in [5.41, 5.74) is -1.43. The number of nitrogens with one attached hydrogen (secondary N) is 1. The molecule has 0 bridgehead atoms. The average Bonchev–Trinajstić information content (AvgIpc) is 3.37. The van der Waals surface area contributed by atoms with Gasteiger partial charge in [0.2, 0.25) is 10.0 Å². The fourth-order valence-corrected chi connectivity index (χ4v) is 5.73. The molecule has 6 nitrogen and oxygen atoms in total. The molecule has 0 saturated heterocycles. The van der Waals surface area contributed by atoms with Gasteiger partial charge in [0, 0.05) is 28.8 Å². The molecule has 0 spiro atoms. The highest BCUT2D eigenvalue weighted by atomic mass is 32.2. The van der Waals surface area contributed by atoms with E-state index in [0.29, 0.717) is 34.5 Å². The van der Waals surface area contributed by atoms with Gasteiger partial charge in [-0.25, -0.2) is 13.1 Å². The third-order valence-corrected chi connectivity index (χ3v) is 7.85. The van der Waals surface area contributed by atoms with Crippen molar-refractivity contribution in [2.45, 2.75) is 16.9 Å². The van der Waals surface area contributed by atoms with Crippen LogP contribution in [-0.2, 0) is 15.6 Å². The van der Waals surface area contributed by atoms with E-state index >= 15 is 0 Å². The normalized spacial score (nSPS) is 14.6. The van der Waals surface area contributed by atoms with Crippen molar-refractivity contribution in [2.75, 3.05) is 19.8 Å². The molecular formula is C19H19NO5S3. The summed E-state index contributed by atoms with van der Waals surface area (Å²) in [5.74, 6) is 0.942. The van der Waals surface area contributed by atoms with Crippen LogP contribution in [0.2, 0.25) is 0 Å². The summed E-state index contributed by atoms with van der Waals surface area (Å²) in [7, 11) is -3.86. The van der Waals surface area contributed by atoms with Crippen LogP contribution >= 0.6 is 22.7 Å². The fourth-order valence-electron chi connectivity index (χ4n) is 2.92. The maximum absolute atomic E-state index is 12.9. The third kappa shape index (κ3) is 3.81. The molecule has 2 N–H and O–H groups in total. The van der Waals surface area contributed by atoms with E-state index in [9.17, 15) is 13.5 Å². The summed E-state index contributed by atoms with van der Waals surface area (Å²) in [6, 6.07) is 11.8. The first kappa shape index (κ1) is 19.4. The Hall–Kier alpha value is -1.91. The van der Waals surface area contributed by atoms with Gasteiger partial charge in [-0.3, -0.25) is 0 Å². The lowest BCUT2D eigenvalue weighted by Gasteiger charge is -2.26. The van der Waals surface area contributed by atoms with Gasteiger partial charge in [0.1, 0.15) is 5.60 Å². The second kappa shape index (κ2) is 7.84. The number of rotatable bonds is 6. The molecule has 0 unspecified atom stereocenters. The Morgan fingerprint density at radius 2 is 1.64 bits per heavy atom. The second-order valence-electron chi connectivity index (χ2n) is 6.30. The maximum Gasteiger partial charge on any atom is 0.240 e. The van der Waals surface area contributed by atoms with Crippen molar-refractivity contribution in [2.24, 2.45) is 0 Å². The molecule has 0 atom stereocenters. The van der Waals surface area contributed by atoms with Gasteiger partial charge in [0.25, 0.3) is 0 Å². The summed E-state index contributed by atoms with van der Waals surface area (Å²) >= 11 is 2.76. The minimum absolute atomic E-state index is 0.0662. The number of aliphatic hydroxyl groups is 1. The molecule has 2 aromatic heterocycles. The van der Waals surface area contributed by atoms with Crippen molar-refractivity contribution >= 4 is 32.7 Å². The molecule has 0 fully saturated rings. The van der Waals surface area contributed by atoms with Crippen molar-refractivity contribution in [3.05, 3.63) is 63.0 Å². The summed E-state index contributed by atoms with van der Waals surface area (Å²) in [5, 5.41) is 15.0. The number of fused-ring (bicyclic) bond motifs is 1. The molecular weight excluding hydrogens is 418 g/mol. The zero-order valence-electron chi connectivity index (χ0n) is 14.8. The van der Waals surface area contributed by atoms with Crippen LogP contribution in [0.5, 0.6) is 11.5 Å². The van der Waals surface area contributed by atoms with Crippen LogP contribution in [0, 0.1) is 0 Å². The van der Waals surface area contributed by atoms with Gasteiger partial charge in [0.15, 0.2) is 11.5 Å². The molecule has 0 saturated carbocycles. The summed E-state index contributed by atoms with van der Waals surface area (Å²) in [6.07, 6.45) is 0.740. The monoisotopic (exact) mass is 437 g/mol. The standard InChI is InChI=1S/C19H19NO5S3/c21-19(17-4-1-10-26-17,18-5-2-11-27-18)13-20-28(22,23)14-6-7-15-16(12-14)25-9-3-8-24-15/h1-2,4-7,10-12,20-21H,3,8-9,13H2. The van der Waals surface area contributed by atoms with E-state index in [1.807, 2.05) is 22.9 Å². The van der Waals surface area contributed by atoms with E-state index in [4.69, 9.17) is 9.47 Å². The molecule has 28 heavy (non-hydrogen) atoms. The van der Waals surface area contributed by atoms with Crippen molar-refractivity contribution in [3.8, 4) is 11.5 Å². The van der Waals surface area contributed by atoms with Crippen LogP contribution in [0.1, 0.15) is 16.2 Å². The molecule has 0 amide bonds. The zero-order valence-corrected chi connectivity index (χ0v) is 17.3. The summed E-state index contributed by atoms with van der Waals surface area (Å²) < 4.78 is 39.4. The summed E-state index contributed by atoms with van der Waals surface area (Å²) in [4.78, 5) is 1.42. The number of ether oxygens (including phenoxy) is 2. The average molecular weight is 438 g/mol. The topological polar surface area (TPSA) is 84.9 Å². The Bertz CT molecular complexity index is 995. The van der Waals surface area contributed by atoms with E-state index in [1.54, 1.807) is 18.2 Å². The zero-order chi connectivity index (χ0) is 19.6. The predicted octanol–water partition coefficient (Wildman–Crippen LogP) is 3.19. The molecule has 1 aliphatic rings. The lowest BCUT2D eigenvalue weighted by atomic mass is 10.0. The molecule has 3 heterocycles. The second-order valence-corrected chi connectivity index (χ2v) is 9.96. The SMILES string of the molecule is O=S(=O)(NCC(O)(c1cccs1)c1cccs1)c1ccc2c(c1)OCCCO2. The van der Waals surface area contributed by atoms with E-state index in [2.05, 4.69) is 4.72 Å². The highest BCUT2D eigenvalue weighted by Crippen LogP contribution is 2.36. The molecule has 9 heteroatoms. The Morgan fingerprint density at radius 1 is 1.00 bits per heavy atom. The van der Waals surface area contributed by atoms with E-state index in [-0.39, 0.29) is 11.4 Å². The first-order chi connectivity index (χ1) is 13.5. The maximum atomic E-state index is 12.9. The van der Waals surface area contributed by atoms with E-state index in [1.165, 1.54) is 34.8 Å². The van der Waals surface area contributed by atoms with Gasteiger partial charge in [0.05, 0.1) is 18.1 Å². The van der Waals surface area contributed by atoms with Crippen molar-refractivity contribution in [1.29, 1.82) is 0 Å². The Kier molecular flexibility index (Phi) is 5.44. The Morgan fingerprint density at radius 3 is 2.25 bits per heavy atom. The van der Waals surface area contributed by atoms with E-state index < -0.39 is 15.6 Å². The smallest absolute Gasteiger partial charge is 0.240 e. The molecule has 0 radical (unpaired) electrons. The van der Waals surface area contributed by atoms with Gasteiger partial charge >= 0.3 is 0 Å².